The molecule has 0 bridgehead atoms. The van der Waals surface area contributed by atoms with Crippen molar-refractivity contribution in [3.8, 4) is 11.8 Å². The lowest BCUT2D eigenvalue weighted by atomic mass is 9.86. The number of anilines is 1. The average Bonchev–Trinajstić information content (AvgIpc) is 2.51. The van der Waals surface area contributed by atoms with Crippen molar-refractivity contribution in [2.75, 3.05) is 5.32 Å². The zero-order valence-corrected chi connectivity index (χ0v) is 12.8. The standard InChI is InChI=1S/C17H17N3O3/c1-17(2)16(22)15(20-11-5-6-19-14(21)8-11)12-7-10(9-18)3-4-13(12)23-17/h3-8,15-16,22H,1-2H3,(H2,19,20,21). The predicted octanol–water partition coefficient (Wildman–Crippen LogP) is 1.93. The monoisotopic (exact) mass is 311 g/mol. The summed E-state index contributed by atoms with van der Waals surface area (Å²) >= 11 is 0. The van der Waals surface area contributed by atoms with Gasteiger partial charge in [0.05, 0.1) is 17.7 Å². The zero-order valence-electron chi connectivity index (χ0n) is 12.8. The van der Waals surface area contributed by atoms with Crippen LogP contribution in [0, 0.1) is 11.3 Å². The van der Waals surface area contributed by atoms with Gasteiger partial charge in [0.25, 0.3) is 0 Å². The summed E-state index contributed by atoms with van der Waals surface area (Å²) in [5.74, 6) is 0.613. The lowest BCUT2D eigenvalue weighted by Crippen LogP contribution is -2.50. The van der Waals surface area contributed by atoms with Gasteiger partial charge in [-0.2, -0.15) is 5.26 Å². The molecule has 3 N–H and O–H groups in total. The van der Waals surface area contributed by atoms with Crippen LogP contribution in [-0.2, 0) is 0 Å². The number of aliphatic hydroxyl groups is 1. The number of aliphatic hydroxyl groups excluding tert-OH is 1. The first-order chi connectivity index (χ1) is 10.9. The first kappa shape index (κ1) is 15.1. The van der Waals surface area contributed by atoms with Crippen LogP contribution in [-0.4, -0.2) is 21.8 Å². The SMILES string of the molecule is CC1(C)Oc2ccc(C#N)cc2C(Nc2cc[nH]c(=O)c2)C1O. The number of pyridine rings is 1. The van der Waals surface area contributed by atoms with Crippen molar-refractivity contribution < 1.29 is 9.84 Å². The average molecular weight is 311 g/mol. The van der Waals surface area contributed by atoms with Crippen molar-refractivity contribution in [1.82, 2.24) is 4.98 Å². The minimum Gasteiger partial charge on any atom is -0.485 e. The summed E-state index contributed by atoms with van der Waals surface area (Å²) in [5, 5.41) is 23.0. The van der Waals surface area contributed by atoms with Gasteiger partial charge in [0.15, 0.2) is 0 Å². The van der Waals surface area contributed by atoms with Crippen LogP contribution >= 0.6 is 0 Å². The van der Waals surface area contributed by atoms with E-state index in [1.54, 1.807) is 38.1 Å². The molecule has 2 aromatic rings. The minimum atomic E-state index is -0.858. The molecule has 0 saturated heterocycles. The van der Waals surface area contributed by atoms with Crippen molar-refractivity contribution in [3.05, 3.63) is 58.0 Å². The summed E-state index contributed by atoms with van der Waals surface area (Å²) < 4.78 is 5.86. The molecular weight excluding hydrogens is 294 g/mol. The Morgan fingerprint density at radius 3 is 2.83 bits per heavy atom. The third-order valence-corrected chi connectivity index (χ3v) is 3.97. The van der Waals surface area contributed by atoms with E-state index >= 15 is 0 Å². The van der Waals surface area contributed by atoms with Gasteiger partial charge in [0.1, 0.15) is 17.5 Å². The molecule has 23 heavy (non-hydrogen) atoms. The Kier molecular flexibility index (Phi) is 3.58. The first-order valence-corrected chi connectivity index (χ1v) is 7.27. The van der Waals surface area contributed by atoms with Gasteiger partial charge in [-0.15, -0.1) is 0 Å². The molecule has 2 unspecified atom stereocenters. The maximum Gasteiger partial charge on any atom is 0.249 e. The van der Waals surface area contributed by atoms with Gasteiger partial charge in [-0.25, -0.2) is 0 Å². The van der Waals surface area contributed by atoms with Gasteiger partial charge >= 0.3 is 0 Å². The van der Waals surface area contributed by atoms with Crippen LogP contribution in [0.4, 0.5) is 5.69 Å². The van der Waals surface area contributed by atoms with Crippen molar-refractivity contribution in [2.45, 2.75) is 31.6 Å². The molecule has 118 valence electrons. The molecule has 2 atom stereocenters. The van der Waals surface area contributed by atoms with Gasteiger partial charge < -0.3 is 20.1 Å². The van der Waals surface area contributed by atoms with Gasteiger partial charge in [-0.1, -0.05) is 0 Å². The quantitative estimate of drug-likeness (QED) is 0.787. The summed E-state index contributed by atoms with van der Waals surface area (Å²) in [7, 11) is 0. The van der Waals surface area contributed by atoms with Crippen LogP contribution < -0.4 is 15.6 Å². The number of ether oxygens (including phenoxy) is 1. The highest BCUT2D eigenvalue weighted by molar-refractivity contribution is 5.52. The van der Waals surface area contributed by atoms with Gasteiger partial charge in [-0.3, -0.25) is 4.79 Å². The minimum absolute atomic E-state index is 0.234. The number of H-pyrrole nitrogens is 1. The van der Waals surface area contributed by atoms with E-state index in [2.05, 4.69) is 16.4 Å². The van der Waals surface area contributed by atoms with Crippen LogP contribution in [0.3, 0.4) is 0 Å². The van der Waals surface area contributed by atoms with Gasteiger partial charge in [0.2, 0.25) is 5.56 Å². The van der Waals surface area contributed by atoms with Crippen LogP contribution in [0.15, 0.2) is 41.3 Å². The second-order valence-corrected chi connectivity index (χ2v) is 6.08. The number of hydrogen-bond acceptors (Lipinski definition) is 5. The highest BCUT2D eigenvalue weighted by atomic mass is 16.5. The molecule has 1 aromatic carbocycles. The topological polar surface area (TPSA) is 98.1 Å². The molecule has 3 rings (SSSR count). The number of hydrogen-bond donors (Lipinski definition) is 3. The van der Waals surface area contributed by atoms with E-state index < -0.39 is 17.7 Å². The summed E-state index contributed by atoms with van der Waals surface area (Å²) in [6.45, 7) is 3.59. The fraction of sp³-hybridized carbons (Fsp3) is 0.294. The molecule has 6 nitrogen and oxygen atoms in total. The molecular formula is C17H17N3O3. The van der Waals surface area contributed by atoms with Gasteiger partial charge in [-0.05, 0) is 38.1 Å². The summed E-state index contributed by atoms with van der Waals surface area (Å²) in [5.41, 5.74) is 0.721. The number of aromatic amines is 1. The molecule has 1 aliphatic heterocycles. The number of fused-ring (bicyclic) bond motifs is 1. The van der Waals surface area contributed by atoms with Crippen LogP contribution in [0.25, 0.3) is 0 Å². The fourth-order valence-electron chi connectivity index (χ4n) is 2.74. The number of nitriles is 1. The zero-order chi connectivity index (χ0) is 16.6. The lowest BCUT2D eigenvalue weighted by Gasteiger charge is -2.42. The van der Waals surface area contributed by atoms with E-state index in [1.165, 1.54) is 12.3 Å². The molecule has 0 saturated carbocycles. The Labute approximate surface area is 133 Å². The molecule has 1 aromatic heterocycles. The second kappa shape index (κ2) is 5.45. The Morgan fingerprint density at radius 1 is 1.35 bits per heavy atom. The summed E-state index contributed by atoms with van der Waals surface area (Å²) in [6, 6.07) is 9.82. The summed E-state index contributed by atoms with van der Waals surface area (Å²) in [6.07, 6.45) is 0.678. The Bertz CT molecular complexity index is 835. The smallest absolute Gasteiger partial charge is 0.249 e. The maximum atomic E-state index is 11.5. The van der Waals surface area contributed by atoms with E-state index in [9.17, 15) is 9.90 Å². The van der Waals surface area contributed by atoms with Crippen LogP contribution in [0.2, 0.25) is 0 Å². The van der Waals surface area contributed by atoms with Gasteiger partial charge in [0, 0.05) is 23.5 Å². The highest BCUT2D eigenvalue weighted by Gasteiger charge is 2.43. The second-order valence-electron chi connectivity index (χ2n) is 6.08. The van der Waals surface area contributed by atoms with Crippen molar-refractivity contribution in [2.24, 2.45) is 0 Å². The number of nitrogens with one attached hydrogen (secondary N) is 2. The normalized spacial score (nSPS) is 21.7. The molecule has 1 aliphatic rings. The molecule has 0 amide bonds. The maximum absolute atomic E-state index is 11.5. The molecule has 2 heterocycles. The number of rotatable bonds is 2. The Hall–Kier alpha value is -2.78. The Morgan fingerprint density at radius 2 is 2.13 bits per heavy atom. The fourth-order valence-corrected chi connectivity index (χ4v) is 2.74. The van der Waals surface area contributed by atoms with Crippen molar-refractivity contribution in [3.63, 3.8) is 0 Å². The molecule has 6 heteroatoms. The van der Waals surface area contributed by atoms with E-state index in [4.69, 9.17) is 10.00 Å². The molecule has 0 fully saturated rings. The van der Waals surface area contributed by atoms with E-state index in [0.717, 1.165) is 0 Å². The number of aromatic nitrogens is 1. The van der Waals surface area contributed by atoms with Crippen molar-refractivity contribution >= 4 is 5.69 Å². The van der Waals surface area contributed by atoms with E-state index in [-0.39, 0.29) is 5.56 Å². The van der Waals surface area contributed by atoms with E-state index in [1.807, 2.05) is 0 Å². The van der Waals surface area contributed by atoms with E-state index in [0.29, 0.717) is 22.6 Å². The Balaban J connectivity index is 2.07. The van der Waals surface area contributed by atoms with Crippen molar-refractivity contribution in [1.29, 1.82) is 5.26 Å². The molecule has 0 spiro atoms. The highest BCUT2D eigenvalue weighted by Crippen LogP contribution is 2.41. The third-order valence-electron chi connectivity index (χ3n) is 3.97. The molecule has 0 radical (unpaired) electrons. The summed E-state index contributed by atoms with van der Waals surface area (Å²) in [4.78, 5) is 14.0. The number of nitrogens with zero attached hydrogens (tertiary/aromatic N) is 1. The number of benzene rings is 1. The van der Waals surface area contributed by atoms with Crippen LogP contribution in [0.1, 0.15) is 31.0 Å². The lowest BCUT2D eigenvalue weighted by molar-refractivity contribution is -0.0532. The molecule has 0 aliphatic carbocycles. The van der Waals surface area contributed by atoms with Crippen LogP contribution in [0.5, 0.6) is 5.75 Å². The third kappa shape index (κ3) is 2.79. The predicted molar refractivity (Wildman–Crippen MR) is 85.3 cm³/mol. The first-order valence-electron chi connectivity index (χ1n) is 7.27. The largest absolute Gasteiger partial charge is 0.485 e.